The van der Waals surface area contributed by atoms with Gasteiger partial charge in [0.15, 0.2) is 0 Å². The van der Waals surface area contributed by atoms with Gasteiger partial charge in [-0.25, -0.2) is 0 Å². The monoisotopic (exact) mass is 294 g/mol. The summed E-state index contributed by atoms with van der Waals surface area (Å²) in [5.41, 5.74) is 1.19. The summed E-state index contributed by atoms with van der Waals surface area (Å²) in [7, 11) is 0. The number of rotatable bonds is 10. The maximum absolute atomic E-state index is 10.4. The van der Waals surface area contributed by atoms with Crippen LogP contribution in [0.1, 0.15) is 87.0 Å². The van der Waals surface area contributed by atoms with Crippen LogP contribution in [0.3, 0.4) is 0 Å². The number of hydrogen-bond donors (Lipinski definition) is 1. The molecule has 0 rings (SSSR count). The van der Waals surface area contributed by atoms with Crippen LogP contribution in [0.25, 0.3) is 0 Å². The molecule has 21 heavy (non-hydrogen) atoms. The van der Waals surface area contributed by atoms with Crippen LogP contribution in [-0.4, -0.2) is 10.7 Å². The van der Waals surface area contributed by atoms with Crippen LogP contribution in [0.4, 0.5) is 0 Å². The van der Waals surface area contributed by atoms with Gasteiger partial charge in [-0.3, -0.25) is 0 Å². The van der Waals surface area contributed by atoms with Crippen molar-refractivity contribution in [3.05, 3.63) is 23.8 Å². The van der Waals surface area contributed by atoms with Gasteiger partial charge in [0.1, 0.15) is 0 Å². The lowest BCUT2D eigenvalue weighted by Crippen LogP contribution is -2.24. The van der Waals surface area contributed by atoms with Gasteiger partial charge in [0.25, 0.3) is 0 Å². The van der Waals surface area contributed by atoms with Gasteiger partial charge >= 0.3 is 0 Å². The molecule has 0 aliphatic carbocycles. The lowest BCUT2D eigenvalue weighted by molar-refractivity contribution is 0.0375. The Morgan fingerprint density at radius 1 is 1.05 bits per heavy atom. The van der Waals surface area contributed by atoms with Gasteiger partial charge in [-0.1, -0.05) is 51.5 Å². The molecule has 0 spiro atoms. The van der Waals surface area contributed by atoms with Gasteiger partial charge in [0, 0.05) is 0 Å². The molecule has 0 bridgehead atoms. The van der Waals surface area contributed by atoms with Crippen LogP contribution in [0.15, 0.2) is 23.8 Å². The summed E-state index contributed by atoms with van der Waals surface area (Å²) in [5, 5.41) is 10.4. The van der Waals surface area contributed by atoms with E-state index in [9.17, 15) is 5.11 Å². The van der Waals surface area contributed by atoms with E-state index in [-0.39, 0.29) is 5.41 Å². The summed E-state index contributed by atoms with van der Waals surface area (Å²) in [6.07, 6.45) is 12.9. The van der Waals surface area contributed by atoms with Gasteiger partial charge in [-0.05, 0) is 70.6 Å². The smallest absolute Gasteiger partial charge is 0.0622 e. The maximum atomic E-state index is 10.4. The molecule has 0 aromatic rings. The molecule has 0 amide bonds. The third-order valence-electron chi connectivity index (χ3n) is 4.63. The quantitative estimate of drug-likeness (QED) is 0.470. The molecule has 124 valence electrons. The molecule has 0 aliphatic heterocycles. The highest BCUT2D eigenvalue weighted by molar-refractivity contribution is 5.09. The van der Waals surface area contributed by atoms with Crippen molar-refractivity contribution in [2.75, 3.05) is 0 Å². The van der Waals surface area contributed by atoms with Gasteiger partial charge in [-0.2, -0.15) is 0 Å². The fourth-order valence-corrected chi connectivity index (χ4v) is 2.41. The lowest BCUT2D eigenvalue weighted by atomic mass is 9.80. The molecule has 1 heteroatoms. The first kappa shape index (κ1) is 20.4. The van der Waals surface area contributed by atoms with E-state index in [0.29, 0.717) is 5.92 Å². The fourth-order valence-electron chi connectivity index (χ4n) is 2.41. The van der Waals surface area contributed by atoms with Crippen LogP contribution in [0, 0.1) is 11.3 Å². The Morgan fingerprint density at radius 2 is 1.67 bits per heavy atom. The molecule has 1 unspecified atom stereocenters. The Hall–Kier alpha value is -0.560. The van der Waals surface area contributed by atoms with E-state index in [4.69, 9.17) is 0 Å². The van der Waals surface area contributed by atoms with Crippen molar-refractivity contribution in [1.29, 1.82) is 0 Å². The number of allylic oxidation sites excluding steroid dienone is 4. The SMILES string of the molecule is C/C=C\CCC(C)(C)/C(C)=C/CCC(C)(O)CCC(C)C. The first-order valence-electron chi connectivity index (χ1n) is 8.61. The highest BCUT2D eigenvalue weighted by atomic mass is 16.3. The van der Waals surface area contributed by atoms with Gasteiger partial charge in [0.05, 0.1) is 5.60 Å². The molecule has 0 aromatic heterocycles. The Bertz CT molecular complexity index is 332. The summed E-state index contributed by atoms with van der Waals surface area (Å²) in [4.78, 5) is 0. The minimum atomic E-state index is -0.518. The molecule has 0 saturated heterocycles. The van der Waals surface area contributed by atoms with Crippen molar-refractivity contribution in [3.8, 4) is 0 Å². The highest BCUT2D eigenvalue weighted by Crippen LogP contribution is 2.32. The second-order valence-electron chi connectivity index (χ2n) is 7.85. The largest absolute Gasteiger partial charge is 0.390 e. The summed E-state index contributed by atoms with van der Waals surface area (Å²) in [6.45, 7) is 15.4. The number of hydrogen-bond acceptors (Lipinski definition) is 1. The molecule has 1 atom stereocenters. The Balaban J connectivity index is 4.32. The topological polar surface area (TPSA) is 20.2 Å². The zero-order valence-corrected chi connectivity index (χ0v) is 15.5. The number of aliphatic hydroxyl groups is 1. The standard InChI is InChI=1S/C20H38O/c1-8-9-10-14-19(5,6)18(4)12-11-15-20(7,21)16-13-17(2)3/h8-9,12,17,21H,10-11,13-16H2,1-7H3/b9-8-,18-12+. The van der Waals surface area contributed by atoms with E-state index in [0.717, 1.165) is 32.1 Å². The average Bonchev–Trinajstić information content (AvgIpc) is 2.36. The van der Waals surface area contributed by atoms with Gasteiger partial charge in [0.2, 0.25) is 0 Å². The maximum Gasteiger partial charge on any atom is 0.0622 e. The van der Waals surface area contributed by atoms with Crippen LogP contribution >= 0.6 is 0 Å². The molecule has 1 N–H and O–H groups in total. The normalized spacial score (nSPS) is 16.7. The Morgan fingerprint density at radius 3 is 2.19 bits per heavy atom. The first-order chi connectivity index (χ1) is 9.60. The van der Waals surface area contributed by atoms with Gasteiger partial charge < -0.3 is 5.11 Å². The minimum absolute atomic E-state index is 0.253. The summed E-state index contributed by atoms with van der Waals surface area (Å²) < 4.78 is 0. The Kier molecular flexibility index (Phi) is 9.20. The molecular formula is C20H38O. The van der Waals surface area contributed by atoms with Crippen molar-refractivity contribution in [2.24, 2.45) is 11.3 Å². The molecule has 0 heterocycles. The average molecular weight is 295 g/mol. The zero-order chi connectivity index (χ0) is 16.5. The van der Waals surface area contributed by atoms with Crippen LogP contribution in [0.2, 0.25) is 0 Å². The van der Waals surface area contributed by atoms with E-state index in [1.165, 1.54) is 12.0 Å². The van der Waals surface area contributed by atoms with E-state index < -0.39 is 5.60 Å². The van der Waals surface area contributed by atoms with E-state index in [1.807, 2.05) is 6.92 Å². The van der Waals surface area contributed by atoms with Crippen molar-refractivity contribution in [3.63, 3.8) is 0 Å². The Labute approximate surface area is 133 Å². The van der Waals surface area contributed by atoms with E-state index in [2.05, 4.69) is 59.8 Å². The fraction of sp³-hybridized carbons (Fsp3) is 0.800. The van der Waals surface area contributed by atoms with Gasteiger partial charge in [-0.15, -0.1) is 0 Å². The van der Waals surface area contributed by atoms with Crippen molar-refractivity contribution in [1.82, 2.24) is 0 Å². The van der Waals surface area contributed by atoms with Crippen LogP contribution in [0.5, 0.6) is 0 Å². The summed E-state index contributed by atoms with van der Waals surface area (Å²) >= 11 is 0. The third kappa shape index (κ3) is 9.90. The molecule has 0 radical (unpaired) electrons. The predicted molar refractivity (Wildman–Crippen MR) is 95.5 cm³/mol. The molecular weight excluding hydrogens is 256 g/mol. The summed E-state index contributed by atoms with van der Waals surface area (Å²) in [5.74, 6) is 0.666. The van der Waals surface area contributed by atoms with Crippen molar-refractivity contribution >= 4 is 0 Å². The van der Waals surface area contributed by atoms with E-state index >= 15 is 0 Å². The second kappa shape index (κ2) is 9.46. The molecule has 0 aliphatic rings. The molecule has 0 fully saturated rings. The highest BCUT2D eigenvalue weighted by Gasteiger charge is 2.21. The zero-order valence-electron chi connectivity index (χ0n) is 15.5. The summed E-state index contributed by atoms with van der Waals surface area (Å²) in [6, 6.07) is 0. The molecule has 0 aromatic carbocycles. The van der Waals surface area contributed by atoms with Crippen LogP contribution < -0.4 is 0 Å². The molecule has 0 saturated carbocycles. The van der Waals surface area contributed by atoms with E-state index in [1.54, 1.807) is 0 Å². The third-order valence-corrected chi connectivity index (χ3v) is 4.63. The second-order valence-corrected chi connectivity index (χ2v) is 7.85. The lowest BCUT2D eigenvalue weighted by Gasteiger charge is -2.27. The van der Waals surface area contributed by atoms with Crippen molar-refractivity contribution < 1.29 is 5.11 Å². The molecule has 1 nitrogen and oxygen atoms in total. The first-order valence-corrected chi connectivity index (χ1v) is 8.61. The predicted octanol–water partition coefficient (Wildman–Crippen LogP) is 6.28. The van der Waals surface area contributed by atoms with Crippen LogP contribution in [-0.2, 0) is 0 Å². The minimum Gasteiger partial charge on any atom is -0.390 e. The van der Waals surface area contributed by atoms with Crippen molar-refractivity contribution in [2.45, 2.75) is 92.6 Å².